The van der Waals surface area contributed by atoms with E-state index >= 15 is 0 Å². The lowest BCUT2D eigenvalue weighted by Gasteiger charge is -2.17. The van der Waals surface area contributed by atoms with E-state index in [2.05, 4.69) is 20.9 Å². The van der Waals surface area contributed by atoms with Gasteiger partial charge in [-0.05, 0) is 23.6 Å². The van der Waals surface area contributed by atoms with Crippen LogP contribution in [-0.2, 0) is 10.0 Å². The molecule has 0 atom stereocenters. The molecule has 2 aromatic heterocycles. The van der Waals surface area contributed by atoms with E-state index in [9.17, 15) is 8.42 Å². The Morgan fingerprint density at radius 1 is 1.41 bits per heavy atom. The molecule has 2 heterocycles. The van der Waals surface area contributed by atoms with E-state index in [1.54, 1.807) is 35.8 Å². The van der Waals surface area contributed by atoms with Crippen molar-refractivity contribution >= 4 is 43.1 Å². The van der Waals surface area contributed by atoms with Gasteiger partial charge >= 0.3 is 0 Å². The Kier molecular flexibility index (Phi) is 3.50. The van der Waals surface area contributed by atoms with Crippen LogP contribution in [0.25, 0.3) is 0 Å². The summed E-state index contributed by atoms with van der Waals surface area (Å²) in [5.74, 6) is 0.382. The molecule has 0 aliphatic carbocycles. The van der Waals surface area contributed by atoms with Gasteiger partial charge in [0.25, 0.3) is 10.0 Å². The first-order chi connectivity index (χ1) is 8.01. The first-order valence-corrected chi connectivity index (χ1v) is 7.77. The third-order valence-corrected chi connectivity index (χ3v) is 5.77. The maximum atomic E-state index is 12.2. The van der Waals surface area contributed by atoms with Gasteiger partial charge in [-0.1, -0.05) is 22.0 Å². The third kappa shape index (κ3) is 2.51. The quantitative estimate of drug-likeness (QED) is 0.868. The molecule has 0 radical (unpaired) electrons. The molecule has 2 rings (SSSR count). The highest BCUT2D eigenvalue weighted by Gasteiger charge is 2.23. The maximum absolute atomic E-state index is 12.2. The monoisotopic (exact) mass is 332 g/mol. The lowest BCUT2D eigenvalue weighted by atomic mass is 10.5. The van der Waals surface area contributed by atoms with E-state index in [0.29, 0.717) is 10.0 Å². The second-order valence-corrected chi connectivity index (χ2v) is 7.30. The average molecular weight is 333 g/mol. The number of pyridine rings is 1. The van der Waals surface area contributed by atoms with Crippen LogP contribution in [0.3, 0.4) is 0 Å². The van der Waals surface area contributed by atoms with E-state index in [0.717, 1.165) is 4.47 Å². The SMILES string of the molecule is CN(c1cc(Br)ccn1)S(=O)(=O)c1cccs1. The fourth-order valence-electron chi connectivity index (χ4n) is 1.23. The van der Waals surface area contributed by atoms with Crippen LogP contribution in [0.4, 0.5) is 5.82 Å². The molecule has 2 aromatic rings. The van der Waals surface area contributed by atoms with Gasteiger partial charge in [-0.25, -0.2) is 13.4 Å². The lowest BCUT2D eigenvalue weighted by molar-refractivity contribution is 0.596. The van der Waals surface area contributed by atoms with Gasteiger partial charge in [0.15, 0.2) is 0 Å². The van der Waals surface area contributed by atoms with Crippen molar-refractivity contribution < 1.29 is 8.42 Å². The fraction of sp³-hybridized carbons (Fsp3) is 0.100. The molecule has 0 aliphatic rings. The van der Waals surface area contributed by atoms with E-state index in [4.69, 9.17) is 0 Å². The molecule has 0 bridgehead atoms. The minimum Gasteiger partial charge on any atom is -0.252 e. The molecule has 0 aromatic carbocycles. The lowest BCUT2D eigenvalue weighted by Crippen LogP contribution is -2.26. The number of hydrogen-bond acceptors (Lipinski definition) is 4. The molecule has 0 amide bonds. The number of hydrogen-bond donors (Lipinski definition) is 0. The van der Waals surface area contributed by atoms with Crippen molar-refractivity contribution in [2.45, 2.75) is 4.21 Å². The summed E-state index contributed by atoms with van der Waals surface area (Å²) in [5, 5.41) is 1.73. The molecule has 0 unspecified atom stereocenters. The second-order valence-electron chi connectivity index (χ2n) is 3.24. The van der Waals surface area contributed by atoms with Gasteiger partial charge in [-0.2, -0.15) is 0 Å². The van der Waals surface area contributed by atoms with Gasteiger partial charge in [-0.3, -0.25) is 4.31 Å². The van der Waals surface area contributed by atoms with Crippen LogP contribution in [0.15, 0.2) is 44.5 Å². The zero-order valence-electron chi connectivity index (χ0n) is 8.87. The number of halogens is 1. The Hall–Kier alpha value is -0.920. The Labute approximate surface area is 112 Å². The molecule has 0 N–H and O–H groups in total. The molecule has 0 saturated heterocycles. The number of thiophene rings is 1. The Balaban J connectivity index is 2.42. The molecule has 0 fully saturated rings. The average Bonchev–Trinajstić information content (AvgIpc) is 2.82. The van der Waals surface area contributed by atoms with Gasteiger partial charge in [0.2, 0.25) is 0 Å². The van der Waals surface area contributed by atoms with Crippen molar-refractivity contribution in [3.8, 4) is 0 Å². The summed E-state index contributed by atoms with van der Waals surface area (Å²) in [7, 11) is -2.01. The van der Waals surface area contributed by atoms with Crippen molar-refractivity contribution in [2.24, 2.45) is 0 Å². The van der Waals surface area contributed by atoms with E-state index in [1.165, 1.54) is 22.7 Å². The van der Waals surface area contributed by atoms with Gasteiger partial charge in [0.05, 0.1) is 0 Å². The summed E-state index contributed by atoms with van der Waals surface area (Å²) in [4.78, 5) is 4.04. The van der Waals surface area contributed by atoms with E-state index < -0.39 is 10.0 Å². The van der Waals surface area contributed by atoms with Gasteiger partial charge < -0.3 is 0 Å². The van der Waals surface area contributed by atoms with Crippen molar-refractivity contribution in [1.29, 1.82) is 0 Å². The van der Waals surface area contributed by atoms with Crippen molar-refractivity contribution in [3.63, 3.8) is 0 Å². The number of nitrogens with zero attached hydrogens (tertiary/aromatic N) is 2. The smallest absolute Gasteiger partial charge is 0.252 e. The van der Waals surface area contributed by atoms with Crippen LogP contribution in [0.2, 0.25) is 0 Å². The highest BCUT2D eigenvalue weighted by molar-refractivity contribution is 9.10. The Bertz CT molecular complexity index is 611. The number of rotatable bonds is 3. The summed E-state index contributed by atoms with van der Waals surface area (Å²) < 4.78 is 26.6. The van der Waals surface area contributed by atoms with Crippen molar-refractivity contribution in [1.82, 2.24) is 4.98 Å². The van der Waals surface area contributed by atoms with Gasteiger partial charge in [0, 0.05) is 17.7 Å². The number of sulfonamides is 1. The fourth-order valence-corrected chi connectivity index (χ4v) is 3.86. The minimum atomic E-state index is -3.50. The van der Waals surface area contributed by atoms with Crippen LogP contribution in [0, 0.1) is 0 Å². The summed E-state index contributed by atoms with van der Waals surface area (Å²) in [6, 6.07) is 6.69. The first-order valence-electron chi connectivity index (χ1n) is 4.66. The first kappa shape index (κ1) is 12.5. The Morgan fingerprint density at radius 2 is 2.18 bits per heavy atom. The third-order valence-electron chi connectivity index (χ3n) is 2.14. The second kappa shape index (κ2) is 4.75. The normalized spacial score (nSPS) is 11.4. The summed E-state index contributed by atoms with van der Waals surface area (Å²) in [5.41, 5.74) is 0. The number of anilines is 1. The molecular formula is C10H9BrN2O2S2. The minimum absolute atomic E-state index is 0.307. The predicted octanol–water partition coefficient (Wildman–Crippen LogP) is 2.73. The van der Waals surface area contributed by atoms with Crippen LogP contribution >= 0.6 is 27.3 Å². The molecule has 0 spiro atoms. The van der Waals surface area contributed by atoms with Gasteiger partial charge in [-0.15, -0.1) is 11.3 Å². The highest BCUT2D eigenvalue weighted by Crippen LogP contribution is 2.25. The predicted molar refractivity (Wildman–Crippen MR) is 71.8 cm³/mol. The molecule has 7 heteroatoms. The van der Waals surface area contributed by atoms with Crippen LogP contribution in [0.5, 0.6) is 0 Å². The topological polar surface area (TPSA) is 50.3 Å². The van der Waals surface area contributed by atoms with Crippen molar-refractivity contribution in [3.05, 3.63) is 40.3 Å². The van der Waals surface area contributed by atoms with E-state index in [-0.39, 0.29) is 0 Å². The van der Waals surface area contributed by atoms with Crippen LogP contribution in [-0.4, -0.2) is 20.4 Å². The van der Waals surface area contributed by atoms with Crippen molar-refractivity contribution in [2.75, 3.05) is 11.4 Å². The summed E-state index contributed by atoms with van der Waals surface area (Å²) in [6.45, 7) is 0. The maximum Gasteiger partial charge on any atom is 0.274 e. The van der Waals surface area contributed by atoms with Crippen LogP contribution in [0.1, 0.15) is 0 Å². The van der Waals surface area contributed by atoms with Crippen LogP contribution < -0.4 is 4.31 Å². The largest absolute Gasteiger partial charge is 0.274 e. The molecule has 17 heavy (non-hydrogen) atoms. The summed E-state index contributed by atoms with van der Waals surface area (Å²) >= 11 is 4.47. The Morgan fingerprint density at radius 3 is 2.76 bits per heavy atom. The highest BCUT2D eigenvalue weighted by atomic mass is 79.9. The number of aromatic nitrogens is 1. The standard InChI is InChI=1S/C10H9BrN2O2S2/c1-13(9-7-8(11)4-5-12-9)17(14,15)10-3-2-6-16-10/h2-7H,1H3. The molecule has 0 saturated carbocycles. The molecular weight excluding hydrogens is 324 g/mol. The zero-order valence-corrected chi connectivity index (χ0v) is 12.1. The summed E-state index contributed by atoms with van der Waals surface area (Å²) in [6.07, 6.45) is 1.56. The molecule has 90 valence electrons. The van der Waals surface area contributed by atoms with Gasteiger partial charge in [0.1, 0.15) is 10.0 Å². The molecule has 4 nitrogen and oxygen atoms in total. The molecule has 0 aliphatic heterocycles. The zero-order chi connectivity index (χ0) is 12.5. The van der Waals surface area contributed by atoms with E-state index in [1.807, 2.05) is 0 Å².